The van der Waals surface area contributed by atoms with E-state index in [1.807, 2.05) is 10.6 Å². The average Bonchev–Trinajstić information content (AvgIpc) is 2.55. The van der Waals surface area contributed by atoms with E-state index < -0.39 is 66.0 Å². The van der Waals surface area contributed by atoms with Crippen molar-refractivity contribution in [2.75, 3.05) is 19.9 Å². The van der Waals surface area contributed by atoms with Gasteiger partial charge in [-0.2, -0.15) is 0 Å². The minimum Gasteiger partial charge on any atom is -0.480 e. The van der Waals surface area contributed by atoms with Gasteiger partial charge in [-0.1, -0.05) is 0 Å². The lowest BCUT2D eigenvalue weighted by Gasteiger charge is -2.26. The molecule has 0 aliphatic rings. The van der Waals surface area contributed by atoms with Gasteiger partial charge in [-0.25, -0.2) is 9.78 Å². The molecule has 0 saturated carbocycles. The molecule has 152 valence electrons. The van der Waals surface area contributed by atoms with Crippen LogP contribution in [0.5, 0.6) is 0 Å². The molecule has 2 atom stereocenters. The summed E-state index contributed by atoms with van der Waals surface area (Å²) in [4.78, 5) is 77.1. The number of hydrogen-bond donors (Lipinski definition) is 6. The van der Waals surface area contributed by atoms with Crippen LogP contribution in [0.4, 0.5) is 0 Å². The van der Waals surface area contributed by atoms with Crippen LogP contribution >= 0.6 is 0 Å². The van der Waals surface area contributed by atoms with Crippen LogP contribution in [0.15, 0.2) is 0 Å². The highest BCUT2D eigenvalue weighted by molar-refractivity contribution is 6.22. The fourth-order valence-corrected chi connectivity index (χ4v) is 1.97. The second-order valence-electron chi connectivity index (χ2n) is 5.27. The molecule has 0 rings (SSSR count). The number of aliphatic carboxylic acids is 2. The molecular formula is C13H18N2O12. The van der Waals surface area contributed by atoms with Gasteiger partial charge in [-0.3, -0.25) is 39.3 Å². The number of Topliss-reactive ketones (excluding diaryl/α,β-unsaturated/α-hetero) is 2. The van der Waals surface area contributed by atoms with Crippen LogP contribution in [-0.2, 0) is 38.5 Å². The zero-order chi connectivity index (χ0) is 21.4. The third kappa shape index (κ3) is 4.62. The maximum Gasteiger partial charge on any atom is 0.329 e. The quantitative estimate of drug-likeness (QED) is 0.0872. The van der Waals surface area contributed by atoms with Crippen LogP contribution in [0.3, 0.4) is 0 Å². The van der Waals surface area contributed by atoms with Gasteiger partial charge >= 0.3 is 11.9 Å². The Morgan fingerprint density at radius 1 is 0.741 bits per heavy atom. The Hall–Kier alpha value is -2.94. The van der Waals surface area contributed by atoms with Gasteiger partial charge in [0.2, 0.25) is 22.6 Å². The molecule has 2 amide bonds. The van der Waals surface area contributed by atoms with E-state index in [0.29, 0.717) is 0 Å². The van der Waals surface area contributed by atoms with Gasteiger partial charge < -0.3 is 20.8 Å². The summed E-state index contributed by atoms with van der Waals surface area (Å²) in [7, 11) is 0. The Kier molecular flexibility index (Phi) is 8.62. The summed E-state index contributed by atoms with van der Waals surface area (Å²) >= 11 is 0. The molecule has 6 N–H and O–H groups in total. The van der Waals surface area contributed by atoms with E-state index in [4.69, 9.17) is 20.7 Å². The average molecular weight is 394 g/mol. The van der Waals surface area contributed by atoms with Gasteiger partial charge in [-0.05, 0) is 13.8 Å². The van der Waals surface area contributed by atoms with Crippen molar-refractivity contribution in [3.05, 3.63) is 0 Å². The van der Waals surface area contributed by atoms with Gasteiger partial charge in [0.1, 0.15) is 13.2 Å². The monoisotopic (exact) mass is 394 g/mol. The molecule has 0 radical (unpaired) electrons. The lowest BCUT2D eigenvalue weighted by Crippen LogP contribution is -2.58. The Morgan fingerprint density at radius 3 is 1.22 bits per heavy atom. The number of amides is 2. The SMILES string of the molecule is CC(=O)C(COO)(C(=O)O)C(=O)NCNC(=O)C(COO)(C(C)=O)C(=O)O. The van der Waals surface area contributed by atoms with Gasteiger partial charge in [0.25, 0.3) is 0 Å². The normalized spacial score (nSPS) is 15.0. The molecule has 0 heterocycles. The van der Waals surface area contributed by atoms with Crippen LogP contribution < -0.4 is 10.6 Å². The number of carboxylic acids is 2. The molecule has 27 heavy (non-hydrogen) atoms. The Bertz CT molecular complexity index is 561. The second-order valence-corrected chi connectivity index (χ2v) is 5.27. The third-order valence-corrected chi connectivity index (χ3v) is 3.77. The second kappa shape index (κ2) is 9.67. The molecule has 0 aromatic heterocycles. The number of ketones is 2. The standard InChI is InChI=1S/C13H18N2O12/c1-6(16)12(3-26-24,10(20)21)8(18)14-5-15-9(19)13(4-27-25,7(2)17)11(22)23/h24-25H,3-5H2,1-2H3,(H,14,18)(H,15,19)(H,20,21)(H,22,23). The first-order chi connectivity index (χ1) is 12.4. The molecule has 0 aliphatic carbocycles. The van der Waals surface area contributed by atoms with Crippen molar-refractivity contribution in [2.45, 2.75) is 13.8 Å². The van der Waals surface area contributed by atoms with Crippen LogP contribution in [0.1, 0.15) is 13.8 Å². The van der Waals surface area contributed by atoms with Crippen molar-refractivity contribution in [1.29, 1.82) is 0 Å². The predicted molar refractivity (Wildman–Crippen MR) is 79.8 cm³/mol. The largest absolute Gasteiger partial charge is 0.480 e. The molecule has 14 nitrogen and oxygen atoms in total. The molecule has 2 unspecified atom stereocenters. The highest BCUT2D eigenvalue weighted by atomic mass is 17.1. The molecule has 0 fully saturated rings. The number of carbonyl (C=O) groups is 6. The summed E-state index contributed by atoms with van der Waals surface area (Å²) in [6.45, 7) is -1.88. The van der Waals surface area contributed by atoms with Crippen LogP contribution in [0.2, 0.25) is 0 Å². The van der Waals surface area contributed by atoms with Crippen molar-refractivity contribution >= 4 is 35.3 Å². The third-order valence-electron chi connectivity index (χ3n) is 3.77. The first-order valence-corrected chi connectivity index (χ1v) is 7.03. The van der Waals surface area contributed by atoms with Gasteiger partial charge in [-0.15, -0.1) is 0 Å². The molecule has 0 aromatic rings. The number of nitrogens with one attached hydrogen (secondary N) is 2. The zero-order valence-electron chi connectivity index (χ0n) is 14.2. The highest BCUT2D eigenvalue weighted by Crippen LogP contribution is 2.21. The highest BCUT2D eigenvalue weighted by Gasteiger charge is 2.53. The van der Waals surface area contributed by atoms with Crippen molar-refractivity contribution in [3.63, 3.8) is 0 Å². The molecular weight excluding hydrogens is 376 g/mol. The lowest BCUT2D eigenvalue weighted by atomic mass is 9.83. The van der Waals surface area contributed by atoms with Crippen LogP contribution in [0.25, 0.3) is 0 Å². The lowest BCUT2D eigenvalue weighted by molar-refractivity contribution is -0.258. The van der Waals surface area contributed by atoms with Crippen molar-refractivity contribution in [2.24, 2.45) is 10.8 Å². The smallest absolute Gasteiger partial charge is 0.329 e. The Morgan fingerprint density at radius 2 is 1.04 bits per heavy atom. The summed E-state index contributed by atoms with van der Waals surface area (Å²) in [5.41, 5.74) is -5.67. The Balaban J connectivity index is 5.38. The zero-order valence-corrected chi connectivity index (χ0v) is 14.2. The summed E-state index contributed by atoms with van der Waals surface area (Å²) in [5.74, 6) is -9.29. The molecule has 0 aliphatic heterocycles. The minimum atomic E-state index is -2.84. The van der Waals surface area contributed by atoms with Crippen molar-refractivity contribution in [1.82, 2.24) is 10.6 Å². The molecule has 0 bridgehead atoms. The van der Waals surface area contributed by atoms with Gasteiger partial charge in [0, 0.05) is 0 Å². The van der Waals surface area contributed by atoms with E-state index >= 15 is 0 Å². The number of rotatable bonds is 12. The maximum atomic E-state index is 12.1. The summed E-state index contributed by atoms with van der Waals surface area (Å²) in [6.07, 6.45) is 0. The van der Waals surface area contributed by atoms with E-state index in [1.165, 1.54) is 0 Å². The molecule has 14 heteroatoms. The van der Waals surface area contributed by atoms with Crippen molar-refractivity contribution in [3.8, 4) is 0 Å². The minimum absolute atomic E-state index is 0.745. The van der Waals surface area contributed by atoms with Gasteiger partial charge in [0.05, 0.1) is 6.67 Å². The molecule has 0 saturated heterocycles. The Labute approximate surface area is 150 Å². The predicted octanol–water partition coefficient (Wildman–Crippen LogP) is -2.52. The molecule has 0 spiro atoms. The first kappa shape index (κ1) is 24.1. The van der Waals surface area contributed by atoms with E-state index in [9.17, 15) is 28.8 Å². The fourth-order valence-electron chi connectivity index (χ4n) is 1.97. The maximum absolute atomic E-state index is 12.1. The van der Waals surface area contributed by atoms with Crippen LogP contribution in [0, 0.1) is 10.8 Å². The molecule has 0 aromatic carbocycles. The first-order valence-electron chi connectivity index (χ1n) is 7.03. The summed E-state index contributed by atoms with van der Waals surface area (Å²) < 4.78 is 0. The van der Waals surface area contributed by atoms with Gasteiger partial charge in [0.15, 0.2) is 11.6 Å². The summed E-state index contributed by atoms with van der Waals surface area (Å²) in [5, 5.41) is 38.8. The number of hydrogen-bond acceptors (Lipinski definition) is 10. The van der Waals surface area contributed by atoms with E-state index in [-0.39, 0.29) is 0 Å². The topological polar surface area (TPSA) is 226 Å². The number of carbonyl (C=O) groups excluding carboxylic acids is 4. The summed E-state index contributed by atoms with van der Waals surface area (Å²) in [6, 6.07) is 0. The number of carboxylic acid groups (broad SMARTS) is 2. The van der Waals surface area contributed by atoms with Crippen LogP contribution in [-0.4, -0.2) is 75.9 Å². The van der Waals surface area contributed by atoms with E-state index in [1.54, 1.807) is 0 Å². The van der Waals surface area contributed by atoms with E-state index in [2.05, 4.69) is 9.78 Å². The fraction of sp³-hybridized carbons (Fsp3) is 0.538. The van der Waals surface area contributed by atoms with Crippen molar-refractivity contribution < 1.29 is 59.3 Å². The van der Waals surface area contributed by atoms with E-state index in [0.717, 1.165) is 13.8 Å².